The van der Waals surface area contributed by atoms with Gasteiger partial charge in [0, 0.05) is 12.5 Å². The number of amides is 2. The molecule has 7 nitrogen and oxygen atoms in total. The highest BCUT2D eigenvalue weighted by Gasteiger charge is 2.31. The minimum Gasteiger partial charge on any atom is -0.481 e. The molecule has 7 heteroatoms. The molecule has 0 spiro atoms. The van der Waals surface area contributed by atoms with Gasteiger partial charge in [-0.2, -0.15) is 0 Å². The van der Waals surface area contributed by atoms with Crippen LogP contribution in [0.3, 0.4) is 0 Å². The van der Waals surface area contributed by atoms with Crippen LogP contribution < -0.4 is 10.6 Å². The number of carbonyl (C=O) groups is 3. The highest BCUT2D eigenvalue weighted by atomic mass is 16.5. The van der Waals surface area contributed by atoms with Crippen molar-refractivity contribution in [2.45, 2.75) is 46.1 Å². The standard InChI is InChI=1S/C27H34N2O5/c1-5-17(4)24(25(30)28-14-22(16(2)3)26(31)32)29-27(33)34-15-23-20-12-8-6-10-18(20)19-11-7-9-13-21(19)23/h6-13,16-17,22-24H,5,14-15H2,1-4H3,(H,28,30)(H,29,33)(H,31,32)/t17-,22?,24-/m0/s1. The normalized spacial score (nSPS) is 15.1. The van der Waals surface area contributed by atoms with Crippen LogP contribution in [-0.2, 0) is 14.3 Å². The average Bonchev–Trinajstić information content (AvgIpc) is 3.14. The molecule has 1 aliphatic rings. The molecule has 1 aliphatic carbocycles. The number of nitrogens with one attached hydrogen (secondary N) is 2. The number of benzene rings is 2. The molecule has 34 heavy (non-hydrogen) atoms. The van der Waals surface area contributed by atoms with E-state index in [0.29, 0.717) is 6.42 Å². The number of ether oxygens (including phenoxy) is 1. The van der Waals surface area contributed by atoms with Crippen molar-refractivity contribution in [1.29, 1.82) is 0 Å². The van der Waals surface area contributed by atoms with Gasteiger partial charge in [0.1, 0.15) is 12.6 Å². The topological polar surface area (TPSA) is 105 Å². The first-order valence-corrected chi connectivity index (χ1v) is 11.9. The second-order valence-electron chi connectivity index (χ2n) is 9.27. The quantitative estimate of drug-likeness (QED) is 0.481. The molecule has 0 fully saturated rings. The summed E-state index contributed by atoms with van der Waals surface area (Å²) in [6.45, 7) is 7.55. The molecule has 0 heterocycles. The van der Waals surface area contributed by atoms with Gasteiger partial charge in [-0.25, -0.2) is 4.79 Å². The largest absolute Gasteiger partial charge is 0.481 e. The molecule has 0 saturated carbocycles. The SMILES string of the molecule is CC[C@H](C)[C@H](NC(=O)OCC1c2ccccc2-c2ccccc21)C(=O)NCC(C(=O)O)C(C)C. The van der Waals surface area contributed by atoms with Crippen LogP contribution in [0.1, 0.15) is 51.2 Å². The lowest BCUT2D eigenvalue weighted by Crippen LogP contribution is -2.51. The number of aliphatic carboxylic acids is 1. The Morgan fingerprint density at radius 1 is 0.971 bits per heavy atom. The van der Waals surface area contributed by atoms with Gasteiger partial charge in [-0.3, -0.25) is 9.59 Å². The number of carboxylic acid groups (broad SMARTS) is 1. The van der Waals surface area contributed by atoms with Gasteiger partial charge in [-0.05, 0) is 34.1 Å². The highest BCUT2D eigenvalue weighted by Crippen LogP contribution is 2.44. The fourth-order valence-electron chi connectivity index (χ4n) is 4.40. The van der Waals surface area contributed by atoms with E-state index in [9.17, 15) is 19.5 Å². The van der Waals surface area contributed by atoms with Crippen molar-refractivity contribution in [3.05, 3.63) is 59.7 Å². The van der Waals surface area contributed by atoms with Crippen LogP contribution in [0.4, 0.5) is 4.79 Å². The molecular weight excluding hydrogens is 432 g/mol. The number of rotatable bonds is 10. The maximum absolute atomic E-state index is 12.8. The zero-order valence-corrected chi connectivity index (χ0v) is 20.2. The lowest BCUT2D eigenvalue weighted by Gasteiger charge is -2.25. The lowest BCUT2D eigenvalue weighted by atomic mass is 9.95. The maximum Gasteiger partial charge on any atom is 0.407 e. The summed E-state index contributed by atoms with van der Waals surface area (Å²) in [5, 5.41) is 14.8. The third kappa shape index (κ3) is 5.58. The Morgan fingerprint density at radius 3 is 2.03 bits per heavy atom. The van der Waals surface area contributed by atoms with Crippen LogP contribution >= 0.6 is 0 Å². The molecule has 2 aromatic carbocycles. The van der Waals surface area contributed by atoms with Crippen molar-refractivity contribution in [3.63, 3.8) is 0 Å². The number of alkyl carbamates (subject to hydrolysis) is 1. The van der Waals surface area contributed by atoms with Gasteiger partial charge in [0.2, 0.25) is 5.91 Å². The number of hydrogen-bond acceptors (Lipinski definition) is 4. The first kappa shape index (κ1) is 25.3. The van der Waals surface area contributed by atoms with Crippen LogP contribution in [0.2, 0.25) is 0 Å². The summed E-state index contributed by atoms with van der Waals surface area (Å²) in [7, 11) is 0. The smallest absolute Gasteiger partial charge is 0.407 e. The van der Waals surface area contributed by atoms with E-state index in [1.54, 1.807) is 13.8 Å². The predicted molar refractivity (Wildman–Crippen MR) is 130 cm³/mol. The fraction of sp³-hybridized carbons (Fsp3) is 0.444. The van der Waals surface area contributed by atoms with Crippen LogP contribution in [0.15, 0.2) is 48.5 Å². The zero-order valence-electron chi connectivity index (χ0n) is 20.2. The number of carbonyl (C=O) groups excluding carboxylic acids is 2. The third-order valence-corrected chi connectivity index (χ3v) is 6.73. The minimum atomic E-state index is -0.958. The highest BCUT2D eigenvalue weighted by molar-refractivity contribution is 5.86. The summed E-state index contributed by atoms with van der Waals surface area (Å²) in [5.41, 5.74) is 4.51. The Balaban J connectivity index is 1.64. The number of hydrogen-bond donors (Lipinski definition) is 3. The Morgan fingerprint density at radius 2 is 1.53 bits per heavy atom. The predicted octanol–water partition coefficient (Wildman–Crippen LogP) is 4.41. The molecular formula is C27H34N2O5. The van der Waals surface area contributed by atoms with E-state index in [4.69, 9.17) is 4.74 Å². The van der Waals surface area contributed by atoms with Crippen molar-refractivity contribution in [3.8, 4) is 11.1 Å². The van der Waals surface area contributed by atoms with Gasteiger partial charge >= 0.3 is 12.1 Å². The molecule has 0 bridgehead atoms. The summed E-state index contributed by atoms with van der Waals surface area (Å²) in [6.07, 6.45) is -0.00479. The third-order valence-electron chi connectivity index (χ3n) is 6.73. The van der Waals surface area contributed by atoms with Gasteiger partial charge in [-0.1, -0.05) is 82.6 Å². The Kier molecular flexibility index (Phi) is 8.31. The Bertz CT molecular complexity index is 990. The molecule has 2 aromatic rings. The van der Waals surface area contributed by atoms with E-state index < -0.39 is 29.9 Å². The van der Waals surface area contributed by atoms with Crippen molar-refractivity contribution in [1.82, 2.24) is 10.6 Å². The van der Waals surface area contributed by atoms with E-state index in [1.807, 2.05) is 50.2 Å². The molecule has 3 rings (SSSR count). The molecule has 2 amide bonds. The maximum atomic E-state index is 12.8. The van der Waals surface area contributed by atoms with Gasteiger partial charge in [0.25, 0.3) is 0 Å². The van der Waals surface area contributed by atoms with E-state index in [0.717, 1.165) is 22.3 Å². The average molecular weight is 467 g/mol. The molecule has 0 saturated heterocycles. The molecule has 0 aliphatic heterocycles. The van der Waals surface area contributed by atoms with E-state index in [1.165, 1.54) is 0 Å². The lowest BCUT2D eigenvalue weighted by molar-refractivity contribution is -0.143. The van der Waals surface area contributed by atoms with Crippen LogP contribution in [-0.4, -0.2) is 42.3 Å². The molecule has 0 aromatic heterocycles. The van der Waals surface area contributed by atoms with Crippen LogP contribution in [0, 0.1) is 17.8 Å². The number of fused-ring (bicyclic) bond motifs is 3. The molecule has 3 N–H and O–H groups in total. The summed E-state index contributed by atoms with van der Waals surface area (Å²) in [5.74, 6) is -2.42. The van der Waals surface area contributed by atoms with Crippen LogP contribution in [0.5, 0.6) is 0 Å². The van der Waals surface area contributed by atoms with Gasteiger partial charge < -0.3 is 20.5 Å². The second-order valence-corrected chi connectivity index (χ2v) is 9.27. The van der Waals surface area contributed by atoms with Crippen molar-refractivity contribution in [2.24, 2.45) is 17.8 Å². The monoisotopic (exact) mass is 466 g/mol. The van der Waals surface area contributed by atoms with E-state index in [2.05, 4.69) is 22.8 Å². The Labute approximate surface area is 200 Å². The van der Waals surface area contributed by atoms with Crippen molar-refractivity contribution >= 4 is 18.0 Å². The zero-order chi connectivity index (χ0) is 24.8. The fourth-order valence-corrected chi connectivity index (χ4v) is 4.40. The van der Waals surface area contributed by atoms with Gasteiger partial charge in [0.15, 0.2) is 0 Å². The second kappa shape index (κ2) is 11.2. The summed E-state index contributed by atoms with van der Waals surface area (Å²) < 4.78 is 5.59. The first-order chi connectivity index (χ1) is 16.2. The first-order valence-electron chi connectivity index (χ1n) is 11.9. The Hall–Kier alpha value is -3.35. The van der Waals surface area contributed by atoms with Crippen molar-refractivity contribution in [2.75, 3.05) is 13.2 Å². The summed E-state index contributed by atoms with van der Waals surface area (Å²) >= 11 is 0. The molecule has 1 unspecified atom stereocenters. The minimum absolute atomic E-state index is 0.00510. The molecule has 182 valence electrons. The number of carboxylic acids is 1. The molecule has 0 radical (unpaired) electrons. The van der Waals surface area contributed by atoms with Gasteiger partial charge in [-0.15, -0.1) is 0 Å². The van der Waals surface area contributed by atoms with Gasteiger partial charge in [0.05, 0.1) is 5.92 Å². The van der Waals surface area contributed by atoms with E-state index in [-0.39, 0.29) is 30.9 Å². The molecule has 3 atom stereocenters. The summed E-state index contributed by atoms with van der Waals surface area (Å²) in [4.78, 5) is 37.0. The van der Waals surface area contributed by atoms with Crippen molar-refractivity contribution < 1.29 is 24.2 Å². The van der Waals surface area contributed by atoms with Crippen LogP contribution in [0.25, 0.3) is 11.1 Å². The van der Waals surface area contributed by atoms with E-state index >= 15 is 0 Å². The summed E-state index contributed by atoms with van der Waals surface area (Å²) in [6, 6.07) is 15.4.